The second-order valence-electron chi connectivity index (χ2n) is 3.91. The number of carbonyl (C=O) groups excluding carboxylic acids is 1. The Labute approximate surface area is 118 Å². The monoisotopic (exact) mass is 303 g/mol. The molecule has 0 unspecified atom stereocenters. The minimum absolute atomic E-state index is 0.0711. The highest BCUT2D eigenvalue weighted by atomic mass is 19.4. The van der Waals surface area contributed by atoms with E-state index >= 15 is 0 Å². The molecule has 0 aliphatic heterocycles. The largest absolute Gasteiger partial charge is 0.496 e. The third-order valence-corrected chi connectivity index (χ3v) is 2.56. The molecule has 3 nitrogen and oxygen atoms in total. The zero-order valence-corrected chi connectivity index (χ0v) is 11.3. The van der Waals surface area contributed by atoms with E-state index < -0.39 is 17.6 Å². The summed E-state index contributed by atoms with van der Waals surface area (Å²) in [5.74, 6) is -0.840. The van der Waals surface area contributed by atoms with Crippen LogP contribution in [0.1, 0.15) is 5.56 Å². The van der Waals surface area contributed by atoms with Crippen molar-refractivity contribution in [2.45, 2.75) is 6.18 Å². The van der Waals surface area contributed by atoms with Gasteiger partial charge in [0.25, 0.3) is 0 Å². The molecule has 7 heteroatoms. The van der Waals surface area contributed by atoms with E-state index in [4.69, 9.17) is 9.53 Å². The third-order valence-electron chi connectivity index (χ3n) is 2.56. The molecule has 0 spiro atoms. The standard InChI is InChI=1S/C12H8F4O.C2H5NO/c1-17-10-5-2-7-6-8(13)3-4-9(7)11(10)12(14,15)16;1-3-2-4/h2-6H,1H3;2H,1H3,(H,3,4). The van der Waals surface area contributed by atoms with E-state index in [1.807, 2.05) is 0 Å². The number of benzene rings is 2. The van der Waals surface area contributed by atoms with Gasteiger partial charge in [-0.05, 0) is 29.0 Å². The van der Waals surface area contributed by atoms with Crippen molar-refractivity contribution in [2.75, 3.05) is 14.2 Å². The molecule has 0 aliphatic rings. The number of amides is 1. The van der Waals surface area contributed by atoms with Crippen LogP contribution in [0.25, 0.3) is 10.8 Å². The van der Waals surface area contributed by atoms with Gasteiger partial charge in [0.1, 0.15) is 17.1 Å². The molecular formula is C14H13F4NO2. The summed E-state index contributed by atoms with van der Waals surface area (Å²) in [7, 11) is 2.73. The van der Waals surface area contributed by atoms with Crippen LogP contribution in [0.3, 0.4) is 0 Å². The molecule has 2 aromatic carbocycles. The Morgan fingerprint density at radius 2 is 1.81 bits per heavy atom. The Kier molecular flexibility index (Phi) is 5.52. The molecule has 0 heterocycles. The molecule has 1 amide bonds. The van der Waals surface area contributed by atoms with E-state index in [0.29, 0.717) is 6.41 Å². The number of nitrogens with one attached hydrogen (secondary N) is 1. The Hall–Kier alpha value is -2.31. The van der Waals surface area contributed by atoms with Gasteiger partial charge in [-0.3, -0.25) is 4.79 Å². The number of carbonyl (C=O) groups is 1. The van der Waals surface area contributed by atoms with Crippen LogP contribution in [-0.2, 0) is 11.0 Å². The van der Waals surface area contributed by atoms with Crippen molar-refractivity contribution >= 4 is 17.2 Å². The number of halogens is 4. The molecule has 0 aromatic heterocycles. The molecule has 2 rings (SSSR count). The molecule has 0 aliphatic carbocycles. The van der Waals surface area contributed by atoms with Gasteiger partial charge >= 0.3 is 6.18 Å². The highest BCUT2D eigenvalue weighted by molar-refractivity contribution is 5.88. The fourth-order valence-corrected chi connectivity index (χ4v) is 1.74. The van der Waals surface area contributed by atoms with Crippen LogP contribution in [0.5, 0.6) is 5.75 Å². The van der Waals surface area contributed by atoms with Crippen LogP contribution >= 0.6 is 0 Å². The zero-order chi connectivity index (χ0) is 16.0. The van der Waals surface area contributed by atoms with Crippen LogP contribution < -0.4 is 10.1 Å². The Balaban J connectivity index is 0.000000491. The van der Waals surface area contributed by atoms with Crippen molar-refractivity contribution in [3.63, 3.8) is 0 Å². The second-order valence-corrected chi connectivity index (χ2v) is 3.91. The highest BCUT2D eigenvalue weighted by Gasteiger charge is 2.36. The lowest BCUT2D eigenvalue weighted by molar-refractivity contribution is -0.137. The molecule has 2 aromatic rings. The lowest BCUT2D eigenvalue weighted by Gasteiger charge is -2.14. The summed E-state index contributed by atoms with van der Waals surface area (Å²) in [5.41, 5.74) is -0.877. The molecule has 0 bridgehead atoms. The van der Waals surface area contributed by atoms with E-state index in [2.05, 4.69) is 5.32 Å². The molecule has 21 heavy (non-hydrogen) atoms. The van der Waals surface area contributed by atoms with Crippen LogP contribution in [0.2, 0.25) is 0 Å². The molecular weight excluding hydrogens is 290 g/mol. The summed E-state index contributed by atoms with van der Waals surface area (Å²) in [6, 6.07) is 5.74. The lowest BCUT2D eigenvalue weighted by atomic mass is 10.0. The van der Waals surface area contributed by atoms with E-state index in [1.165, 1.54) is 19.2 Å². The van der Waals surface area contributed by atoms with Gasteiger partial charge in [0.05, 0.1) is 7.11 Å². The van der Waals surface area contributed by atoms with Gasteiger partial charge in [0.15, 0.2) is 0 Å². The number of ether oxygens (including phenoxy) is 1. The average molecular weight is 303 g/mol. The van der Waals surface area contributed by atoms with Crippen LogP contribution in [0.15, 0.2) is 30.3 Å². The molecule has 0 saturated carbocycles. The first-order valence-corrected chi connectivity index (χ1v) is 5.79. The quantitative estimate of drug-likeness (QED) is 0.682. The minimum atomic E-state index is -4.54. The van der Waals surface area contributed by atoms with Gasteiger partial charge in [0.2, 0.25) is 6.41 Å². The SMILES string of the molecule is CNC=O.COc1ccc2cc(F)ccc2c1C(F)(F)F. The van der Waals surface area contributed by atoms with E-state index in [-0.39, 0.29) is 16.5 Å². The minimum Gasteiger partial charge on any atom is -0.496 e. The fourth-order valence-electron chi connectivity index (χ4n) is 1.74. The summed E-state index contributed by atoms with van der Waals surface area (Å²) in [6.45, 7) is 0. The van der Waals surface area contributed by atoms with Gasteiger partial charge in [-0.2, -0.15) is 13.2 Å². The van der Waals surface area contributed by atoms with Gasteiger partial charge in [-0.25, -0.2) is 4.39 Å². The van der Waals surface area contributed by atoms with Crippen molar-refractivity contribution in [2.24, 2.45) is 0 Å². The van der Waals surface area contributed by atoms with E-state index in [9.17, 15) is 17.6 Å². The molecule has 114 valence electrons. The first-order valence-electron chi connectivity index (χ1n) is 5.79. The van der Waals surface area contributed by atoms with Crippen molar-refractivity contribution in [1.29, 1.82) is 0 Å². The summed E-state index contributed by atoms with van der Waals surface area (Å²) < 4.78 is 56.3. The van der Waals surface area contributed by atoms with Gasteiger partial charge in [0, 0.05) is 7.05 Å². The van der Waals surface area contributed by atoms with E-state index in [1.54, 1.807) is 7.05 Å². The van der Waals surface area contributed by atoms with Gasteiger partial charge in [-0.1, -0.05) is 12.1 Å². The molecule has 0 radical (unpaired) electrons. The number of hydrogen-bond acceptors (Lipinski definition) is 2. The highest BCUT2D eigenvalue weighted by Crippen LogP contribution is 2.41. The topological polar surface area (TPSA) is 38.3 Å². The van der Waals surface area contributed by atoms with E-state index in [0.717, 1.165) is 18.2 Å². The fraction of sp³-hybridized carbons (Fsp3) is 0.214. The van der Waals surface area contributed by atoms with Crippen molar-refractivity contribution in [1.82, 2.24) is 5.32 Å². The summed E-state index contributed by atoms with van der Waals surface area (Å²) >= 11 is 0. The summed E-state index contributed by atoms with van der Waals surface area (Å²) in [5, 5.41) is 2.37. The molecule has 0 saturated heterocycles. The number of fused-ring (bicyclic) bond motifs is 1. The van der Waals surface area contributed by atoms with Gasteiger partial charge < -0.3 is 10.1 Å². The lowest BCUT2D eigenvalue weighted by Crippen LogP contribution is -2.08. The predicted molar refractivity (Wildman–Crippen MR) is 70.6 cm³/mol. The maximum absolute atomic E-state index is 12.9. The Bertz CT molecular complexity index is 626. The van der Waals surface area contributed by atoms with Crippen molar-refractivity contribution < 1.29 is 27.1 Å². The third kappa shape index (κ3) is 4.08. The van der Waals surface area contributed by atoms with Crippen LogP contribution in [0, 0.1) is 5.82 Å². The molecule has 1 N–H and O–H groups in total. The number of rotatable bonds is 2. The maximum atomic E-state index is 12.9. The first kappa shape index (κ1) is 16.7. The summed E-state index contributed by atoms with van der Waals surface area (Å²) in [6.07, 6.45) is -3.91. The Morgan fingerprint density at radius 1 is 1.19 bits per heavy atom. The van der Waals surface area contributed by atoms with Crippen molar-refractivity contribution in [3.8, 4) is 5.75 Å². The van der Waals surface area contributed by atoms with Crippen LogP contribution in [0.4, 0.5) is 17.6 Å². The maximum Gasteiger partial charge on any atom is 0.420 e. The zero-order valence-electron chi connectivity index (χ0n) is 11.3. The number of alkyl halides is 3. The Morgan fingerprint density at radius 3 is 2.29 bits per heavy atom. The normalized spacial score (nSPS) is 10.6. The predicted octanol–water partition coefficient (Wildman–Crippen LogP) is 3.37. The molecule has 0 atom stereocenters. The number of hydrogen-bond donors (Lipinski definition) is 1. The summed E-state index contributed by atoms with van der Waals surface area (Å²) in [4.78, 5) is 9.06. The molecule has 0 fully saturated rings. The first-order chi connectivity index (χ1) is 9.85. The average Bonchev–Trinajstić information content (AvgIpc) is 2.45. The second kappa shape index (κ2) is 6.92. The number of methoxy groups -OCH3 is 1. The van der Waals surface area contributed by atoms with Crippen LogP contribution in [-0.4, -0.2) is 20.6 Å². The smallest absolute Gasteiger partial charge is 0.420 e. The van der Waals surface area contributed by atoms with Gasteiger partial charge in [-0.15, -0.1) is 0 Å². The van der Waals surface area contributed by atoms with Crippen molar-refractivity contribution in [3.05, 3.63) is 41.7 Å².